The van der Waals surface area contributed by atoms with Crippen LogP contribution in [0.4, 0.5) is 0 Å². The second-order valence-corrected chi connectivity index (χ2v) is 3.49. The Kier molecular flexibility index (Phi) is 9.17. The number of ether oxygens (including phenoxy) is 2. The summed E-state index contributed by atoms with van der Waals surface area (Å²) in [5, 5.41) is 0. The summed E-state index contributed by atoms with van der Waals surface area (Å²) in [6.45, 7) is 6.93. The van der Waals surface area contributed by atoms with Gasteiger partial charge in [0.1, 0.15) is 5.78 Å². The molecule has 0 aromatic heterocycles. The van der Waals surface area contributed by atoms with Crippen molar-refractivity contribution in [2.75, 3.05) is 13.2 Å². The maximum atomic E-state index is 11.4. The van der Waals surface area contributed by atoms with E-state index in [4.69, 9.17) is 9.47 Å². The zero-order valence-electron chi connectivity index (χ0n) is 10.4. The maximum absolute atomic E-state index is 11.4. The molecule has 0 aromatic carbocycles. The molecule has 0 saturated heterocycles. The van der Waals surface area contributed by atoms with Crippen molar-refractivity contribution in [2.45, 2.75) is 25.7 Å². The Hall–Kier alpha value is -1.91. The number of hydrogen-bond acceptors (Lipinski definition) is 5. The van der Waals surface area contributed by atoms with Crippen molar-refractivity contribution in [3.8, 4) is 0 Å². The summed E-state index contributed by atoms with van der Waals surface area (Å²) >= 11 is 0. The fraction of sp³-hybridized carbons (Fsp3) is 0.462. The van der Waals surface area contributed by atoms with Crippen LogP contribution >= 0.6 is 0 Å². The van der Waals surface area contributed by atoms with Gasteiger partial charge in [0.15, 0.2) is 0 Å². The van der Waals surface area contributed by atoms with Gasteiger partial charge in [0.2, 0.25) is 0 Å². The van der Waals surface area contributed by atoms with Gasteiger partial charge in [-0.15, -0.1) is 0 Å². The molecular formula is C13H18O5. The van der Waals surface area contributed by atoms with Gasteiger partial charge >= 0.3 is 11.9 Å². The first-order chi connectivity index (χ1) is 8.60. The number of esters is 2. The number of ketones is 1. The Bertz CT molecular complexity index is 289. The van der Waals surface area contributed by atoms with Crippen molar-refractivity contribution in [3.63, 3.8) is 0 Å². The van der Waals surface area contributed by atoms with Crippen molar-refractivity contribution >= 4 is 17.7 Å². The van der Waals surface area contributed by atoms with E-state index in [9.17, 15) is 14.4 Å². The predicted molar refractivity (Wildman–Crippen MR) is 65.8 cm³/mol. The largest absolute Gasteiger partial charge is 0.463 e. The normalized spacial score (nSPS) is 9.33. The lowest BCUT2D eigenvalue weighted by Crippen LogP contribution is -2.07. The molecule has 0 aromatic rings. The van der Waals surface area contributed by atoms with Gasteiger partial charge in [-0.25, -0.2) is 9.59 Å². The Morgan fingerprint density at radius 1 is 0.833 bits per heavy atom. The molecule has 0 spiro atoms. The summed E-state index contributed by atoms with van der Waals surface area (Å²) in [5.74, 6) is -0.920. The van der Waals surface area contributed by atoms with E-state index < -0.39 is 11.9 Å². The van der Waals surface area contributed by atoms with E-state index in [-0.39, 0.29) is 19.0 Å². The predicted octanol–water partition coefficient (Wildman–Crippen LogP) is 1.57. The van der Waals surface area contributed by atoms with E-state index in [2.05, 4.69) is 13.2 Å². The molecule has 0 saturated carbocycles. The standard InChI is InChI=1S/C13H18O5/c1-3-12(15)17-9-5-7-11(14)8-6-10-18-13(16)4-2/h3-4H,1-2,5-10H2. The van der Waals surface area contributed by atoms with Crippen LogP contribution in [0.3, 0.4) is 0 Å². The minimum Gasteiger partial charge on any atom is -0.463 e. The van der Waals surface area contributed by atoms with Crippen molar-refractivity contribution in [1.82, 2.24) is 0 Å². The van der Waals surface area contributed by atoms with E-state index in [1.807, 2.05) is 0 Å². The molecule has 0 N–H and O–H groups in total. The van der Waals surface area contributed by atoms with E-state index in [0.29, 0.717) is 25.7 Å². The van der Waals surface area contributed by atoms with Crippen LogP contribution in [0.5, 0.6) is 0 Å². The SMILES string of the molecule is C=CC(=O)OCCCC(=O)CCCOC(=O)C=C. The molecule has 100 valence electrons. The van der Waals surface area contributed by atoms with Gasteiger partial charge in [-0.2, -0.15) is 0 Å². The quantitative estimate of drug-likeness (QED) is 0.336. The van der Waals surface area contributed by atoms with E-state index in [0.717, 1.165) is 12.2 Å². The van der Waals surface area contributed by atoms with Gasteiger partial charge in [0, 0.05) is 25.0 Å². The number of carbonyl (C=O) groups is 3. The van der Waals surface area contributed by atoms with Crippen molar-refractivity contribution in [3.05, 3.63) is 25.3 Å². The molecule has 0 fully saturated rings. The number of carbonyl (C=O) groups excluding carboxylic acids is 3. The fourth-order valence-corrected chi connectivity index (χ4v) is 1.13. The third-order valence-corrected chi connectivity index (χ3v) is 2.02. The van der Waals surface area contributed by atoms with Gasteiger partial charge in [-0.3, -0.25) is 4.79 Å². The molecule has 0 amide bonds. The van der Waals surface area contributed by atoms with E-state index in [1.165, 1.54) is 0 Å². The smallest absolute Gasteiger partial charge is 0.330 e. The zero-order chi connectivity index (χ0) is 13.8. The summed E-state index contributed by atoms with van der Waals surface area (Å²) in [4.78, 5) is 32.7. The summed E-state index contributed by atoms with van der Waals surface area (Å²) in [6.07, 6.45) is 3.83. The molecule has 0 atom stereocenters. The molecule has 0 unspecified atom stereocenters. The summed E-state index contributed by atoms with van der Waals surface area (Å²) < 4.78 is 9.45. The Morgan fingerprint density at radius 3 is 1.56 bits per heavy atom. The van der Waals surface area contributed by atoms with E-state index >= 15 is 0 Å². The molecular weight excluding hydrogens is 236 g/mol. The molecule has 0 radical (unpaired) electrons. The fourth-order valence-electron chi connectivity index (χ4n) is 1.13. The third-order valence-electron chi connectivity index (χ3n) is 2.02. The molecule has 18 heavy (non-hydrogen) atoms. The van der Waals surface area contributed by atoms with Gasteiger partial charge in [-0.1, -0.05) is 13.2 Å². The maximum Gasteiger partial charge on any atom is 0.330 e. The summed E-state index contributed by atoms with van der Waals surface area (Å²) in [5.41, 5.74) is 0. The Morgan fingerprint density at radius 2 is 1.22 bits per heavy atom. The lowest BCUT2D eigenvalue weighted by atomic mass is 10.1. The van der Waals surface area contributed by atoms with Crippen molar-refractivity contribution in [2.24, 2.45) is 0 Å². The first-order valence-corrected chi connectivity index (χ1v) is 5.70. The van der Waals surface area contributed by atoms with Crippen LogP contribution in [-0.2, 0) is 23.9 Å². The topological polar surface area (TPSA) is 69.7 Å². The highest BCUT2D eigenvalue weighted by molar-refractivity contribution is 5.81. The highest BCUT2D eigenvalue weighted by atomic mass is 16.5. The van der Waals surface area contributed by atoms with Gasteiger partial charge in [0.05, 0.1) is 13.2 Å². The molecule has 0 heterocycles. The average molecular weight is 254 g/mol. The van der Waals surface area contributed by atoms with Crippen LogP contribution in [0.15, 0.2) is 25.3 Å². The van der Waals surface area contributed by atoms with Gasteiger partial charge in [0.25, 0.3) is 0 Å². The van der Waals surface area contributed by atoms with Crippen LogP contribution in [0, 0.1) is 0 Å². The van der Waals surface area contributed by atoms with Crippen LogP contribution in [0.2, 0.25) is 0 Å². The first-order valence-electron chi connectivity index (χ1n) is 5.70. The van der Waals surface area contributed by atoms with E-state index in [1.54, 1.807) is 0 Å². The minimum absolute atomic E-state index is 0.0549. The summed E-state index contributed by atoms with van der Waals surface area (Å²) in [7, 11) is 0. The van der Waals surface area contributed by atoms with Crippen molar-refractivity contribution < 1.29 is 23.9 Å². The second-order valence-electron chi connectivity index (χ2n) is 3.49. The van der Waals surface area contributed by atoms with Crippen LogP contribution in [0.1, 0.15) is 25.7 Å². The third kappa shape index (κ3) is 9.33. The average Bonchev–Trinajstić information content (AvgIpc) is 2.38. The van der Waals surface area contributed by atoms with Crippen LogP contribution < -0.4 is 0 Å². The zero-order valence-corrected chi connectivity index (χ0v) is 10.4. The highest BCUT2D eigenvalue weighted by Crippen LogP contribution is 2.00. The highest BCUT2D eigenvalue weighted by Gasteiger charge is 2.04. The van der Waals surface area contributed by atoms with Crippen LogP contribution in [-0.4, -0.2) is 30.9 Å². The number of rotatable bonds is 10. The first kappa shape index (κ1) is 16.1. The Balaban J connectivity index is 3.43. The monoisotopic (exact) mass is 254 g/mol. The number of Topliss-reactive ketones (excluding diaryl/α,β-unsaturated/α-hetero) is 1. The van der Waals surface area contributed by atoms with Crippen molar-refractivity contribution in [1.29, 1.82) is 0 Å². The molecule has 5 nitrogen and oxygen atoms in total. The molecule has 0 aliphatic heterocycles. The van der Waals surface area contributed by atoms with Gasteiger partial charge in [-0.05, 0) is 12.8 Å². The lowest BCUT2D eigenvalue weighted by molar-refractivity contribution is -0.138. The van der Waals surface area contributed by atoms with Gasteiger partial charge < -0.3 is 9.47 Å². The molecule has 0 aliphatic rings. The summed E-state index contributed by atoms with van der Waals surface area (Å²) in [6, 6.07) is 0. The lowest BCUT2D eigenvalue weighted by Gasteiger charge is -2.03. The molecule has 0 bridgehead atoms. The molecule has 0 aliphatic carbocycles. The number of hydrogen-bond donors (Lipinski definition) is 0. The molecule has 0 rings (SSSR count). The second kappa shape index (κ2) is 10.3. The Labute approximate surface area is 106 Å². The van der Waals surface area contributed by atoms with Crippen LogP contribution in [0.25, 0.3) is 0 Å². The minimum atomic E-state index is -0.487. The molecule has 5 heteroatoms.